The van der Waals surface area contributed by atoms with Gasteiger partial charge in [-0.1, -0.05) is 36.4 Å². The molecule has 0 bridgehead atoms. The first-order valence-corrected chi connectivity index (χ1v) is 8.98. The van der Waals surface area contributed by atoms with E-state index < -0.39 is 11.9 Å². The average molecular weight is 368 g/mol. The molecule has 1 unspecified atom stereocenters. The quantitative estimate of drug-likeness (QED) is 0.566. The molecule has 0 spiro atoms. The second kappa shape index (κ2) is 7.15. The van der Waals surface area contributed by atoms with Crippen LogP contribution in [0.3, 0.4) is 0 Å². The SMILES string of the molecule is O=c1oc(-c2cccs2)nn1CC(O)COc1ccc2ccccc2c1. The van der Waals surface area contributed by atoms with E-state index in [2.05, 4.69) is 5.10 Å². The number of nitrogens with zero attached hydrogens (tertiary/aromatic N) is 2. The highest BCUT2D eigenvalue weighted by atomic mass is 32.1. The molecule has 0 aliphatic heterocycles. The van der Waals surface area contributed by atoms with E-state index in [4.69, 9.17) is 9.15 Å². The minimum atomic E-state index is -0.888. The monoisotopic (exact) mass is 368 g/mol. The number of rotatable bonds is 6. The Morgan fingerprint density at radius 1 is 1.15 bits per heavy atom. The number of hydrogen-bond donors (Lipinski definition) is 1. The van der Waals surface area contributed by atoms with Crippen molar-refractivity contribution in [2.45, 2.75) is 12.6 Å². The molecule has 0 aliphatic carbocycles. The Hall–Kier alpha value is -2.90. The summed E-state index contributed by atoms with van der Waals surface area (Å²) in [7, 11) is 0. The summed E-state index contributed by atoms with van der Waals surface area (Å²) in [6, 6.07) is 17.4. The number of thiophene rings is 1. The van der Waals surface area contributed by atoms with Crippen molar-refractivity contribution < 1.29 is 14.3 Å². The number of benzene rings is 2. The molecule has 4 rings (SSSR count). The summed E-state index contributed by atoms with van der Waals surface area (Å²) in [5, 5.41) is 18.4. The number of aliphatic hydroxyl groups is 1. The first-order chi connectivity index (χ1) is 12.7. The highest BCUT2D eigenvalue weighted by molar-refractivity contribution is 7.13. The molecule has 7 heteroatoms. The van der Waals surface area contributed by atoms with Gasteiger partial charge < -0.3 is 14.3 Å². The Labute approximate surface area is 152 Å². The van der Waals surface area contributed by atoms with Crippen LogP contribution in [0.5, 0.6) is 5.75 Å². The molecule has 0 saturated heterocycles. The van der Waals surface area contributed by atoms with Crippen molar-refractivity contribution in [2.75, 3.05) is 6.61 Å². The van der Waals surface area contributed by atoms with Crippen LogP contribution in [0.1, 0.15) is 0 Å². The third-order valence-electron chi connectivity index (χ3n) is 3.89. The second-order valence-corrected chi connectivity index (χ2v) is 6.75. The maximum Gasteiger partial charge on any atom is 0.437 e. The maximum atomic E-state index is 11.9. The number of fused-ring (bicyclic) bond motifs is 1. The molecule has 1 N–H and O–H groups in total. The van der Waals surface area contributed by atoms with Crippen molar-refractivity contribution in [3.8, 4) is 16.5 Å². The fourth-order valence-electron chi connectivity index (χ4n) is 2.62. The molecule has 4 aromatic rings. The van der Waals surface area contributed by atoms with Crippen molar-refractivity contribution in [3.05, 3.63) is 70.5 Å². The Kier molecular flexibility index (Phi) is 4.55. The fraction of sp³-hybridized carbons (Fsp3) is 0.158. The molecule has 2 aromatic heterocycles. The van der Waals surface area contributed by atoms with E-state index in [0.29, 0.717) is 5.75 Å². The highest BCUT2D eigenvalue weighted by Crippen LogP contribution is 2.22. The van der Waals surface area contributed by atoms with E-state index in [1.54, 1.807) is 0 Å². The van der Waals surface area contributed by atoms with Gasteiger partial charge >= 0.3 is 5.76 Å². The van der Waals surface area contributed by atoms with Gasteiger partial charge in [0.05, 0.1) is 11.4 Å². The summed E-state index contributed by atoms with van der Waals surface area (Å²) in [5.41, 5.74) is 0. The predicted molar refractivity (Wildman–Crippen MR) is 99.5 cm³/mol. The van der Waals surface area contributed by atoms with Gasteiger partial charge in [0.1, 0.15) is 18.5 Å². The van der Waals surface area contributed by atoms with Crippen LogP contribution in [0.4, 0.5) is 0 Å². The lowest BCUT2D eigenvalue weighted by atomic mass is 10.1. The zero-order chi connectivity index (χ0) is 17.9. The van der Waals surface area contributed by atoms with E-state index >= 15 is 0 Å². The number of aromatic nitrogens is 2. The molecule has 2 heterocycles. The van der Waals surface area contributed by atoms with Gasteiger partial charge in [0, 0.05) is 0 Å². The van der Waals surface area contributed by atoms with Gasteiger partial charge in [0.2, 0.25) is 0 Å². The van der Waals surface area contributed by atoms with E-state index in [-0.39, 0.29) is 19.0 Å². The summed E-state index contributed by atoms with van der Waals surface area (Å²) >= 11 is 1.43. The molecular formula is C19H16N2O4S. The van der Waals surface area contributed by atoms with E-state index in [0.717, 1.165) is 20.3 Å². The maximum absolute atomic E-state index is 11.9. The minimum absolute atomic E-state index is 0.00128. The number of ether oxygens (including phenoxy) is 1. The zero-order valence-electron chi connectivity index (χ0n) is 13.7. The zero-order valence-corrected chi connectivity index (χ0v) is 14.6. The molecule has 0 fully saturated rings. The standard InChI is InChI=1S/C19H16N2O4S/c22-15(11-21-19(23)25-18(20-21)17-6-3-9-26-17)12-24-16-8-7-13-4-1-2-5-14(13)10-16/h1-10,15,22H,11-12H2. The third kappa shape index (κ3) is 3.54. The van der Waals surface area contributed by atoms with Crippen LogP contribution in [0.15, 0.2) is 69.2 Å². The average Bonchev–Trinajstić information content (AvgIpc) is 3.30. The van der Waals surface area contributed by atoms with Crippen LogP contribution >= 0.6 is 11.3 Å². The van der Waals surface area contributed by atoms with Gasteiger partial charge in [-0.2, -0.15) is 4.68 Å². The summed E-state index contributed by atoms with van der Waals surface area (Å²) in [5.74, 6) is 0.320. The summed E-state index contributed by atoms with van der Waals surface area (Å²) < 4.78 is 11.9. The molecule has 6 nitrogen and oxygen atoms in total. The van der Waals surface area contributed by atoms with Crippen molar-refractivity contribution in [3.63, 3.8) is 0 Å². The topological polar surface area (TPSA) is 77.5 Å². The first kappa shape index (κ1) is 16.6. The first-order valence-electron chi connectivity index (χ1n) is 8.10. The smallest absolute Gasteiger partial charge is 0.437 e. The van der Waals surface area contributed by atoms with Gasteiger partial charge in [-0.3, -0.25) is 0 Å². The van der Waals surface area contributed by atoms with Gasteiger partial charge in [-0.15, -0.1) is 16.4 Å². The second-order valence-electron chi connectivity index (χ2n) is 5.81. The van der Waals surface area contributed by atoms with Crippen LogP contribution in [0.2, 0.25) is 0 Å². The molecule has 0 radical (unpaired) electrons. The van der Waals surface area contributed by atoms with Crippen LogP contribution in [0, 0.1) is 0 Å². The third-order valence-corrected chi connectivity index (χ3v) is 4.74. The molecule has 0 saturated carbocycles. The van der Waals surface area contributed by atoms with E-state index in [1.807, 2.05) is 60.0 Å². The molecule has 0 aliphatic rings. The van der Waals surface area contributed by atoms with Gasteiger partial charge in [0.25, 0.3) is 5.89 Å². The van der Waals surface area contributed by atoms with Crippen molar-refractivity contribution in [2.24, 2.45) is 0 Å². The number of aliphatic hydroxyl groups excluding tert-OH is 1. The molecule has 2 aromatic carbocycles. The normalized spacial score (nSPS) is 12.3. The molecule has 132 valence electrons. The lowest BCUT2D eigenvalue weighted by Gasteiger charge is -2.12. The molecule has 1 atom stereocenters. The van der Waals surface area contributed by atoms with Crippen LogP contribution < -0.4 is 10.5 Å². The largest absolute Gasteiger partial charge is 0.491 e. The van der Waals surface area contributed by atoms with Crippen LogP contribution in [0.25, 0.3) is 21.5 Å². The Bertz CT molecular complexity index is 1070. The van der Waals surface area contributed by atoms with Crippen LogP contribution in [-0.2, 0) is 6.54 Å². The van der Waals surface area contributed by atoms with Gasteiger partial charge in [-0.25, -0.2) is 4.79 Å². The van der Waals surface area contributed by atoms with Gasteiger partial charge in [-0.05, 0) is 34.4 Å². The predicted octanol–water partition coefficient (Wildman–Crippen LogP) is 3.16. The fourth-order valence-corrected chi connectivity index (χ4v) is 3.27. The van der Waals surface area contributed by atoms with Crippen molar-refractivity contribution >= 4 is 22.1 Å². The molecular weight excluding hydrogens is 352 g/mol. The summed E-state index contributed by atoms with van der Waals surface area (Å²) in [6.45, 7) is 0.0489. The lowest BCUT2D eigenvalue weighted by Crippen LogP contribution is -2.29. The van der Waals surface area contributed by atoms with E-state index in [9.17, 15) is 9.90 Å². The van der Waals surface area contributed by atoms with Crippen LogP contribution in [-0.4, -0.2) is 27.6 Å². The van der Waals surface area contributed by atoms with Gasteiger partial charge in [0.15, 0.2) is 0 Å². The van der Waals surface area contributed by atoms with Crippen molar-refractivity contribution in [1.29, 1.82) is 0 Å². The lowest BCUT2D eigenvalue weighted by molar-refractivity contribution is 0.0876. The van der Waals surface area contributed by atoms with Crippen molar-refractivity contribution in [1.82, 2.24) is 9.78 Å². The summed E-state index contributed by atoms with van der Waals surface area (Å²) in [6.07, 6.45) is -0.888. The Morgan fingerprint density at radius 2 is 2.00 bits per heavy atom. The summed E-state index contributed by atoms with van der Waals surface area (Å²) in [4.78, 5) is 12.6. The Balaban J connectivity index is 1.40. The molecule has 26 heavy (non-hydrogen) atoms. The minimum Gasteiger partial charge on any atom is -0.491 e. The highest BCUT2D eigenvalue weighted by Gasteiger charge is 2.15. The molecule has 0 amide bonds. The van der Waals surface area contributed by atoms with E-state index in [1.165, 1.54) is 11.3 Å². The number of hydrogen-bond acceptors (Lipinski definition) is 6. The Morgan fingerprint density at radius 3 is 2.81 bits per heavy atom.